The molecule has 3 aromatic rings. The predicted octanol–water partition coefficient (Wildman–Crippen LogP) is 4.00. The summed E-state index contributed by atoms with van der Waals surface area (Å²) in [4.78, 5) is 24.3. The molecule has 8 heteroatoms. The Hall–Kier alpha value is -2.90. The van der Waals surface area contributed by atoms with Gasteiger partial charge in [0.1, 0.15) is 11.3 Å². The lowest BCUT2D eigenvalue weighted by atomic mass is 10.1. The molecular formula is C19H17ClN2O5. The number of hydrogen-bond donors (Lipinski definition) is 0. The molecule has 0 saturated carbocycles. The van der Waals surface area contributed by atoms with Crippen molar-refractivity contribution in [1.29, 1.82) is 0 Å². The van der Waals surface area contributed by atoms with Crippen LogP contribution in [0.4, 0.5) is 5.69 Å². The van der Waals surface area contributed by atoms with E-state index in [1.54, 1.807) is 19.2 Å². The Bertz CT molecular complexity index is 1060. The second-order valence-electron chi connectivity index (χ2n) is 6.16. The molecule has 0 fully saturated rings. The first-order valence-corrected chi connectivity index (χ1v) is 8.47. The molecule has 0 aliphatic heterocycles. The molecule has 2 aromatic carbocycles. The Morgan fingerprint density at radius 1 is 1.15 bits per heavy atom. The van der Waals surface area contributed by atoms with E-state index < -0.39 is 10.5 Å². The fourth-order valence-electron chi connectivity index (χ4n) is 2.90. The molecule has 0 saturated heterocycles. The average molecular weight is 389 g/mol. The summed E-state index contributed by atoms with van der Waals surface area (Å²) < 4.78 is 10.4. The van der Waals surface area contributed by atoms with Gasteiger partial charge in [-0.1, -0.05) is 11.6 Å². The molecule has 0 amide bonds. The van der Waals surface area contributed by atoms with Crippen LogP contribution in [0.2, 0.25) is 5.02 Å². The third kappa shape index (κ3) is 4.27. The molecule has 1 heterocycles. The standard InChI is InChI=1S/C19H17ClN2O5/c1-21(11-13-7-14(22(24)25)3-6-17(13)20)10-12-8-19(23)27-18-9-15(26-2)4-5-16(12)18/h3-9H,10-11H2,1-2H3. The third-order valence-electron chi connectivity index (χ3n) is 4.16. The summed E-state index contributed by atoms with van der Waals surface area (Å²) in [6.07, 6.45) is 0. The van der Waals surface area contributed by atoms with E-state index in [9.17, 15) is 14.9 Å². The van der Waals surface area contributed by atoms with Crippen molar-refractivity contribution in [3.05, 3.63) is 79.1 Å². The number of hydrogen-bond acceptors (Lipinski definition) is 6. The molecule has 1 aromatic heterocycles. The smallest absolute Gasteiger partial charge is 0.336 e. The number of fused-ring (bicyclic) bond motifs is 1. The van der Waals surface area contributed by atoms with Crippen LogP contribution in [-0.2, 0) is 13.1 Å². The Balaban J connectivity index is 1.88. The Kier molecular flexibility index (Phi) is 5.43. The number of nitro benzene ring substituents is 1. The Morgan fingerprint density at radius 2 is 1.89 bits per heavy atom. The first-order chi connectivity index (χ1) is 12.9. The minimum atomic E-state index is -0.455. The lowest BCUT2D eigenvalue weighted by Crippen LogP contribution is -2.19. The number of nitrogens with zero attached hydrogens (tertiary/aromatic N) is 2. The molecule has 7 nitrogen and oxygen atoms in total. The van der Waals surface area contributed by atoms with Crippen LogP contribution in [0, 0.1) is 10.1 Å². The number of halogens is 1. The Morgan fingerprint density at radius 3 is 2.59 bits per heavy atom. The highest BCUT2D eigenvalue weighted by Crippen LogP contribution is 2.26. The van der Waals surface area contributed by atoms with Gasteiger partial charge in [-0.15, -0.1) is 0 Å². The van der Waals surface area contributed by atoms with Crippen LogP contribution in [0.15, 0.2) is 51.7 Å². The van der Waals surface area contributed by atoms with Gasteiger partial charge in [-0.2, -0.15) is 0 Å². The number of benzene rings is 2. The maximum Gasteiger partial charge on any atom is 0.336 e. The monoisotopic (exact) mass is 388 g/mol. The van der Waals surface area contributed by atoms with Crippen LogP contribution in [0.25, 0.3) is 11.0 Å². The van der Waals surface area contributed by atoms with Crippen LogP contribution < -0.4 is 10.4 Å². The summed E-state index contributed by atoms with van der Waals surface area (Å²) in [7, 11) is 3.39. The highest BCUT2D eigenvalue weighted by atomic mass is 35.5. The molecule has 3 rings (SSSR count). The van der Waals surface area contributed by atoms with Crippen molar-refractivity contribution in [3.63, 3.8) is 0 Å². The van der Waals surface area contributed by atoms with Gasteiger partial charge in [-0.05, 0) is 36.4 Å². The summed E-state index contributed by atoms with van der Waals surface area (Å²) in [5, 5.41) is 12.2. The summed E-state index contributed by atoms with van der Waals surface area (Å²) in [6.45, 7) is 0.825. The van der Waals surface area contributed by atoms with Crippen molar-refractivity contribution in [3.8, 4) is 5.75 Å². The number of non-ortho nitro benzene ring substituents is 1. The van der Waals surface area contributed by atoms with Gasteiger partial charge < -0.3 is 9.15 Å². The van der Waals surface area contributed by atoms with Gasteiger partial charge in [0.15, 0.2) is 0 Å². The molecule has 0 bridgehead atoms. The van der Waals surface area contributed by atoms with E-state index in [0.29, 0.717) is 35.0 Å². The van der Waals surface area contributed by atoms with Crippen molar-refractivity contribution in [2.45, 2.75) is 13.1 Å². The zero-order chi connectivity index (χ0) is 19.6. The van der Waals surface area contributed by atoms with Crippen LogP contribution in [0.1, 0.15) is 11.1 Å². The van der Waals surface area contributed by atoms with Crippen molar-refractivity contribution in [2.24, 2.45) is 0 Å². The molecule has 0 N–H and O–H groups in total. The molecule has 0 unspecified atom stereocenters. The molecular weight excluding hydrogens is 372 g/mol. The van der Waals surface area contributed by atoms with E-state index in [4.69, 9.17) is 20.8 Å². The number of ether oxygens (including phenoxy) is 1. The van der Waals surface area contributed by atoms with Gasteiger partial charge in [0.25, 0.3) is 5.69 Å². The maximum atomic E-state index is 11.9. The van der Waals surface area contributed by atoms with E-state index in [1.165, 1.54) is 24.3 Å². The van der Waals surface area contributed by atoms with Gasteiger partial charge in [0, 0.05) is 47.8 Å². The Labute approximate surface area is 159 Å². The average Bonchev–Trinajstić information content (AvgIpc) is 2.62. The number of rotatable bonds is 6. The molecule has 0 atom stereocenters. The number of methoxy groups -OCH3 is 1. The maximum absolute atomic E-state index is 11.9. The third-order valence-corrected chi connectivity index (χ3v) is 4.53. The van der Waals surface area contributed by atoms with Crippen LogP contribution >= 0.6 is 11.6 Å². The van der Waals surface area contributed by atoms with Crippen LogP contribution in [0.5, 0.6) is 5.75 Å². The summed E-state index contributed by atoms with van der Waals surface area (Å²) in [5.41, 5.74) is 1.40. The van der Waals surface area contributed by atoms with Gasteiger partial charge >= 0.3 is 5.63 Å². The van der Waals surface area contributed by atoms with Gasteiger partial charge in [-0.3, -0.25) is 15.0 Å². The minimum Gasteiger partial charge on any atom is -0.497 e. The van der Waals surface area contributed by atoms with Gasteiger partial charge in [-0.25, -0.2) is 4.79 Å². The van der Waals surface area contributed by atoms with E-state index in [0.717, 1.165) is 10.9 Å². The zero-order valence-corrected chi connectivity index (χ0v) is 15.5. The van der Waals surface area contributed by atoms with Gasteiger partial charge in [0.2, 0.25) is 0 Å². The fourth-order valence-corrected chi connectivity index (χ4v) is 3.08. The quantitative estimate of drug-likeness (QED) is 0.360. The lowest BCUT2D eigenvalue weighted by Gasteiger charge is -2.18. The van der Waals surface area contributed by atoms with Crippen molar-refractivity contribution in [2.75, 3.05) is 14.2 Å². The highest BCUT2D eigenvalue weighted by molar-refractivity contribution is 6.31. The van der Waals surface area contributed by atoms with Crippen molar-refractivity contribution < 1.29 is 14.1 Å². The van der Waals surface area contributed by atoms with E-state index in [1.807, 2.05) is 18.0 Å². The summed E-state index contributed by atoms with van der Waals surface area (Å²) >= 11 is 6.17. The highest BCUT2D eigenvalue weighted by Gasteiger charge is 2.14. The van der Waals surface area contributed by atoms with Crippen LogP contribution in [-0.4, -0.2) is 24.0 Å². The topological polar surface area (TPSA) is 85.8 Å². The first kappa shape index (κ1) is 18.9. The second-order valence-corrected chi connectivity index (χ2v) is 6.57. The molecule has 0 aliphatic carbocycles. The molecule has 0 spiro atoms. The summed E-state index contributed by atoms with van der Waals surface area (Å²) in [5.74, 6) is 0.597. The molecule has 0 radical (unpaired) electrons. The molecule has 27 heavy (non-hydrogen) atoms. The fraction of sp³-hybridized carbons (Fsp3) is 0.211. The lowest BCUT2D eigenvalue weighted by molar-refractivity contribution is -0.384. The van der Waals surface area contributed by atoms with Crippen LogP contribution in [0.3, 0.4) is 0 Å². The van der Waals surface area contributed by atoms with Crippen molar-refractivity contribution >= 4 is 28.3 Å². The predicted molar refractivity (Wildman–Crippen MR) is 102 cm³/mol. The normalized spacial score (nSPS) is 11.1. The van der Waals surface area contributed by atoms with Gasteiger partial charge in [0.05, 0.1) is 12.0 Å². The second kappa shape index (κ2) is 7.77. The molecule has 140 valence electrons. The van der Waals surface area contributed by atoms with Crippen molar-refractivity contribution in [1.82, 2.24) is 4.90 Å². The molecule has 0 aliphatic rings. The largest absolute Gasteiger partial charge is 0.497 e. The summed E-state index contributed by atoms with van der Waals surface area (Å²) in [6, 6.07) is 11.1. The first-order valence-electron chi connectivity index (χ1n) is 8.09. The minimum absolute atomic E-state index is 0.0132. The van der Waals surface area contributed by atoms with E-state index in [-0.39, 0.29) is 5.69 Å². The van der Waals surface area contributed by atoms with E-state index in [2.05, 4.69) is 0 Å². The SMILES string of the molecule is COc1ccc2c(CN(C)Cc3cc([N+](=O)[O-])ccc3Cl)cc(=O)oc2c1. The van der Waals surface area contributed by atoms with E-state index >= 15 is 0 Å². The zero-order valence-electron chi connectivity index (χ0n) is 14.8. The number of nitro groups is 1.